The zero-order chi connectivity index (χ0) is 28.9. The summed E-state index contributed by atoms with van der Waals surface area (Å²) in [5, 5.41) is 0. The summed E-state index contributed by atoms with van der Waals surface area (Å²) in [6, 6.07) is 26.4. The maximum atomic E-state index is 13.3. The van der Waals surface area contributed by atoms with Gasteiger partial charge in [-0.3, -0.25) is 4.79 Å². The molecule has 41 heavy (non-hydrogen) atoms. The second-order valence-electron chi connectivity index (χ2n) is 9.73. The van der Waals surface area contributed by atoms with Crippen molar-refractivity contribution in [2.75, 3.05) is 6.61 Å². The van der Waals surface area contributed by atoms with E-state index in [1.807, 2.05) is 66.7 Å². The van der Waals surface area contributed by atoms with Crippen molar-refractivity contribution in [1.82, 2.24) is 0 Å². The molecule has 4 atom stereocenters. The van der Waals surface area contributed by atoms with Gasteiger partial charge in [0.05, 0.1) is 25.4 Å². The van der Waals surface area contributed by atoms with Crippen LogP contribution in [0.1, 0.15) is 60.2 Å². The number of carbonyl (C=O) groups is 2. The maximum Gasteiger partial charge on any atom is 0.341 e. The van der Waals surface area contributed by atoms with Crippen molar-refractivity contribution in [3.63, 3.8) is 0 Å². The van der Waals surface area contributed by atoms with E-state index < -0.39 is 36.5 Å². The Kier molecular flexibility index (Phi) is 11.5. The standard InChI is InChI=1S/C34H36O7/c1-3-4-5-12-19-28-20-13-14-21-29(28)33(36)41-34-32(40-25(2)35)31(38-23-27-17-10-7-11-18-27)30(24-39-34)37-22-26-15-8-6-9-16-26/h6-11,13-18,20-21,30-32,34H,3-5,22-24H2,1-2H3/t30-,31-,32+,34?/m0/s1. The van der Waals surface area contributed by atoms with Gasteiger partial charge in [0.1, 0.15) is 12.2 Å². The topological polar surface area (TPSA) is 80.3 Å². The lowest BCUT2D eigenvalue weighted by molar-refractivity contribution is -0.277. The zero-order valence-corrected chi connectivity index (χ0v) is 23.5. The molecule has 214 valence electrons. The van der Waals surface area contributed by atoms with Gasteiger partial charge in [-0.2, -0.15) is 0 Å². The van der Waals surface area contributed by atoms with Crippen molar-refractivity contribution < 1.29 is 33.3 Å². The van der Waals surface area contributed by atoms with Gasteiger partial charge in [-0.25, -0.2) is 4.79 Å². The van der Waals surface area contributed by atoms with E-state index >= 15 is 0 Å². The van der Waals surface area contributed by atoms with E-state index in [0.717, 1.165) is 30.4 Å². The third kappa shape index (κ3) is 9.02. The van der Waals surface area contributed by atoms with Gasteiger partial charge in [0.25, 0.3) is 0 Å². The Balaban J connectivity index is 1.55. The third-order valence-corrected chi connectivity index (χ3v) is 6.53. The van der Waals surface area contributed by atoms with E-state index in [9.17, 15) is 9.59 Å². The maximum absolute atomic E-state index is 13.3. The first-order chi connectivity index (χ1) is 20.0. The first-order valence-electron chi connectivity index (χ1n) is 13.9. The summed E-state index contributed by atoms with van der Waals surface area (Å²) in [4.78, 5) is 25.6. The molecule has 0 N–H and O–H groups in total. The van der Waals surface area contributed by atoms with Crippen LogP contribution in [0.2, 0.25) is 0 Å². The van der Waals surface area contributed by atoms with Crippen molar-refractivity contribution in [2.45, 2.75) is 70.9 Å². The molecule has 7 heteroatoms. The lowest BCUT2D eigenvalue weighted by atomic mass is 10.0. The summed E-state index contributed by atoms with van der Waals surface area (Å²) in [5.74, 6) is 5.01. The molecule has 7 nitrogen and oxygen atoms in total. The first-order valence-corrected chi connectivity index (χ1v) is 13.9. The van der Waals surface area contributed by atoms with E-state index in [0.29, 0.717) is 17.7 Å². The van der Waals surface area contributed by atoms with Crippen molar-refractivity contribution in [3.8, 4) is 11.8 Å². The number of unbranched alkanes of at least 4 members (excludes halogenated alkanes) is 2. The Labute approximate surface area is 241 Å². The molecule has 1 heterocycles. The number of ether oxygens (including phenoxy) is 5. The van der Waals surface area contributed by atoms with Crippen molar-refractivity contribution >= 4 is 11.9 Å². The summed E-state index contributed by atoms with van der Waals surface area (Å²) < 4.78 is 29.9. The second kappa shape index (κ2) is 15.7. The molecule has 0 radical (unpaired) electrons. The minimum absolute atomic E-state index is 0.0699. The van der Waals surface area contributed by atoms with Gasteiger partial charge in [0.2, 0.25) is 6.29 Å². The summed E-state index contributed by atoms with van der Waals surface area (Å²) in [6.07, 6.45) is -0.850. The smallest absolute Gasteiger partial charge is 0.341 e. The molecule has 0 saturated carbocycles. The monoisotopic (exact) mass is 556 g/mol. The summed E-state index contributed by atoms with van der Waals surface area (Å²) in [7, 11) is 0. The molecule has 3 aromatic carbocycles. The number of esters is 2. The predicted molar refractivity (Wildman–Crippen MR) is 154 cm³/mol. The van der Waals surface area contributed by atoms with Gasteiger partial charge in [0, 0.05) is 18.9 Å². The molecule has 4 rings (SSSR count). The number of hydrogen-bond donors (Lipinski definition) is 0. The summed E-state index contributed by atoms with van der Waals surface area (Å²) in [5.41, 5.74) is 2.79. The van der Waals surface area contributed by atoms with Gasteiger partial charge in [-0.15, -0.1) is 0 Å². The molecule has 1 fully saturated rings. The fourth-order valence-corrected chi connectivity index (χ4v) is 4.41. The van der Waals surface area contributed by atoms with Crippen LogP contribution < -0.4 is 0 Å². The van der Waals surface area contributed by atoms with Gasteiger partial charge in [-0.1, -0.05) is 98.0 Å². The Morgan fingerprint density at radius 1 is 0.829 bits per heavy atom. The number of rotatable bonds is 11. The zero-order valence-electron chi connectivity index (χ0n) is 23.5. The van der Waals surface area contributed by atoms with E-state index in [4.69, 9.17) is 23.7 Å². The Morgan fingerprint density at radius 3 is 2.12 bits per heavy atom. The quantitative estimate of drug-likeness (QED) is 0.167. The van der Waals surface area contributed by atoms with Crippen LogP contribution >= 0.6 is 0 Å². The summed E-state index contributed by atoms with van der Waals surface area (Å²) in [6.45, 7) is 4.01. The lowest BCUT2D eigenvalue weighted by Crippen LogP contribution is -2.57. The van der Waals surface area contributed by atoms with Crippen molar-refractivity contribution in [3.05, 3.63) is 107 Å². The Bertz CT molecular complexity index is 1310. The van der Waals surface area contributed by atoms with E-state index in [1.54, 1.807) is 18.2 Å². The van der Waals surface area contributed by atoms with E-state index in [2.05, 4.69) is 18.8 Å². The van der Waals surface area contributed by atoms with E-state index in [1.165, 1.54) is 6.92 Å². The van der Waals surface area contributed by atoms with Crippen molar-refractivity contribution in [1.29, 1.82) is 0 Å². The van der Waals surface area contributed by atoms with Crippen LogP contribution in [0, 0.1) is 11.8 Å². The highest BCUT2D eigenvalue weighted by Gasteiger charge is 2.46. The molecule has 0 amide bonds. The summed E-state index contributed by atoms with van der Waals surface area (Å²) >= 11 is 0. The van der Waals surface area contributed by atoms with E-state index in [-0.39, 0.29) is 13.2 Å². The van der Waals surface area contributed by atoms with Gasteiger partial charge < -0.3 is 23.7 Å². The predicted octanol–water partition coefficient (Wildman–Crippen LogP) is 5.84. The molecular weight excluding hydrogens is 520 g/mol. The molecule has 0 aliphatic carbocycles. The Hall–Kier alpha value is -3.96. The minimum atomic E-state index is -1.20. The Morgan fingerprint density at radius 2 is 1.46 bits per heavy atom. The van der Waals surface area contributed by atoms with Crippen LogP contribution in [0.15, 0.2) is 84.9 Å². The first kappa shape index (κ1) is 30.0. The van der Waals surface area contributed by atoms with Gasteiger partial charge >= 0.3 is 11.9 Å². The largest absolute Gasteiger partial charge is 0.453 e. The SMILES string of the molecule is CCCCC#Cc1ccccc1C(=O)OC1OC[C@H](OCc2ccccc2)[C@H](OCc2ccccc2)[C@H]1OC(C)=O. The fourth-order valence-electron chi connectivity index (χ4n) is 4.41. The molecule has 1 aliphatic heterocycles. The lowest BCUT2D eigenvalue weighted by Gasteiger charge is -2.40. The van der Waals surface area contributed by atoms with Crippen LogP contribution in [-0.2, 0) is 41.7 Å². The molecule has 1 unspecified atom stereocenters. The average molecular weight is 557 g/mol. The highest BCUT2D eigenvalue weighted by atomic mass is 16.7. The molecular formula is C34H36O7. The molecule has 1 aliphatic rings. The highest BCUT2D eigenvalue weighted by molar-refractivity contribution is 5.92. The highest BCUT2D eigenvalue weighted by Crippen LogP contribution is 2.27. The third-order valence-electron chi connectivity index (χ3n) is 6.53. The molecule has 0 aromatic heterocycles. The number of carbonyl (C=O) groups excluding carboxylic acids is 2. The van der Waals surface area contributed by atoms with Crippen LogP contribution in [0.25, 0.3) is 0 Å². The average Bonchev–Trinajstić information content (AvgIpc) is 2.99. The number of hydrogen-bond acceptors (Lipinski definition) is 7. The van der Waals surface area contributed by atoms with Gasteiger partial charge in [0.15, 0.2) is 6.10 Å². The van der Waals surface area contributed by atoms with Crippen LogP contribution in [0.4, 0.5) is 0 Å². The molecule has 3 aromatic rings. The van der Waals surface area contributed by atoms with Crippen LogP contribution in [-0.4, -0.2) is 43.1 Å². The van der Waals surface area contributed by atoms with Crippen LogP contribution in [0.5, 0.6) is 0 Å². The molecule has 0 bridgehead atoms. The molecule has 0 spiro atoms. The fraction of sp³-hybridized carbons (Fsp3) is 0.353. The number of benzene rings is 3. The normalized spacial score (nSPS) is 20.0. The minimum Gasteiger partial charge on any atom is -0.453 e. The van der Waals surface area contributed by atoms with Gasteiger partial charge in [-0.05, 0) is 29.7 Å². The van der Waals surface area contributed by atoms with Crippen LogP contribution in [0.3, 0.4) is 0 Å². The molecule has 1 saturated heterocycles. The van der Waals surface area contributed by atoms with Crippen molar-refractivity contribution in [2.24, 2.45) is 0 Å². The second-order valence-corrected chi connectivity index (χ2v) is 9.73.